The lowest BCUT2D eigenvalue weighted by atomic mass is 10.2. The first-order valence-corrected chi connectivity index (χ1v) is 11.6. The van der Waals surface area contributed by atoms with Gasteiger partial charge >= 0.3 is 5.97 Å². The van der Waals surface area contributed by atoms with Crippen LogP contribution in [0, 0.1) is 0 Å². The van der Waals surface area contributed by atoms with Crippen molar-refractivity contribution in [1.29, 1.82) is 0 Å². The van der Waals surface area contributed by atoms with Crippen molar-refractivity contribution in [1.82, 2.24) is 0 Å². The second-order valence-corrected chi connectivity index (χ2v) is 9.35. The van der Waals surface area contributed by atoms with Crippen molar-refractivity contribution in [3.63, 3.8) is 0 Å². The van der Waals surface area contributed by atoms with Crippen LogP contribution >= 0.6 is 58.2 Å². The Morgan fingerprint density at radius 3 is 2.24 bits per heavy atom. The van der Waals surface area contributed by atoms with Crippen molar-refractivity contribution in [2.24, 2.45) is 0 Å². The van der Waals surface area contributed by atoms with Crippen molar-refractivity contribution >= 4 is 87.0 Å². The van der Waals surface area contributed by atoms with Gasteiger partial charge in [0.25, 0.3) is 11.1 Å². The quantitative estimate of drug-likeness (QED) is 0.193. The first-order chi connectivity index (χ1) is 15.7. The Bertz CT molecular complexity index is 1320. The largest absolute Gasteiger partial charge is 0.423 e. The summed E-state index contributed by atoms with van der Waals surface area (Å²) in [5, 5.41) is 0.700. The van der Waals surface area contributed by atoms with Crippen LogP contribution in [0.25, 0.3) is 6.08 Å². The number of carbonyl (C=O) groups excluding carboxylic acids is 3. The van der Waals surface area contributed by atoms with E-state index in [1.807, 2.05) is 0 Å². The molecule has 0 aromatic heterocycles. The van der Waals surface area contributed by atoms with Gasteiger partial charge in [-0.1, -0.05) is 58.5 Å². The summed E-state index contributed by atoms with van der Waals surface area (Å²) in [4.78, 5) is 38.8. The normalized spacial score (nSPS) is 14.8. The Hall–Kier alpha value is -2.48. The Labute approximate surface area is 212 Å². The molecule has 33 heavy (non-hydrogen) atoms. The zero-order valence-corrected chi connectivity index (χ0v) is 20.2. The molecule has 4 rings (SSSR count). The fourth-order valence-corrected chi connectivity index (χ4v) is 4.53. The summed E-state index contributed by atoms with van der Waals surface area (Å²) in [7, 11) is 0. The molecule has 1 aliphatic heterocycles. The van der Waals surface area contributed by atoms with E-state index in [9.17, 15) is 14.4 Å². The van der Waals surface area contributed by atoms with Crippen LogP contribution < -0.4 is 9.64 Å². The molecule has 0 radical (unpaired) electrons. The van der Waals surface area contributed by atoms with Crippen LogP contribution in [-0.2, 0) is 4.79 Å². The van der Waals surface area contributed by atoms with Gasteiger partial charge in [-0.15, -0.1) is 0 Å². The molecule has 0 saturated carbocycles. The lowest BCUT2D eigenvalue weighted by Gasteiger charge is -2.13. The van der Waals surface area contributed by atoms with Gasteiger partial charge < -0.3 is 4.74 Å². The van der Waals surface area contributed by atoms with E-state index in [-0.39, 0.29) is 26.3 Å². The van der Waals surface area contributed by atoms with Crippen LogP contribution in [0.2, 0.25) is 20.1 Å². The molecule has 0 spiro atoms. The third kappa shape index (κ3) is 5.21. The van der Waals surface area contributed by atoms with Crippen molar-refractivity contribution in [2.45, 2.75) is 0 Å². The zero-order chi connectivity index (χ0) is 23.7. The van der Waals surface area contributed by atoms with E-state index in [4.69, 9.17) is 51.1 Å². The number of ether oxygens (including phenoxy) is 1. The van der Waals surface area contributed by atoms with E-state index in [1.165, 1.54) is 30.3 Å². The van der Waals surface area contributed by atoms with Crippen molar-refractivity contribution in [2.75, 3.05) is 4.90 Å². The van der Waals surface area contributed by atoms with Gasteiger partial charge in [-0.05, 0) is 71.9 Å². The van der Waals surface area contributed by atoms with E-state index >= 15 is 0 Å². The maximum absolute atomic E-state index is 12.8. The van der Waals surface area contributed by atoms with Gasteiger partial charge in [0, 0.05) is 5.02 Å². The number of hydrogen-bond acceptors (Lipinski definition) is 5. The number of esters is 1. The molecule has 10 heteroatoms. The maximum atomic E-state index is 12.8. The predicted molar refractivity (Wildman–Crippen MR) is 133 cm³/mol. The molecule has 0 N–H and O–H groups in total. The molecule has 0 unspecified atom stereocenters. The third-order valence-electron chi connectivity index (χ3n) is 4.49. The maximum Gasteiger partial charge on any atom is 0.345 e. The lowest BCUT2D eigenvalue weighted by Crippen LogP contribution is -2.27. The van der Waals surface area contributed by atoms with Gasteiger partial charge in [-0.3, -0.25) is 9.59 Å². The minimum absolute atomic E-state index is 0.182. The zero-order valence-electron chi connectivity index (χ0n) is 16.4. The average Bonchev–Trinajstić information content (AvgIpc) is 3.04. The summed E-state index contributed by atoms with van der Waals surface area (Å²) < 4.78 is 5.34. The fraction of sp³-hybridized carbons (Fsp3) is 0. The van der Waals surface area contributed by atoms with Gasteiger partial charge in [0.05, 0.1) is 31.2 Å². The molecule has 5 nitrogen and oxygen atoms in total. The molecule has 2 amide bonds. The summed E-state index contributed by atoms with van der Waals surface area (Å²) in [5.41, 5.74) is 1.15. The monoisotopic (exact) mass is 537 g/mol. The Balaban J connectivity index is 1.49. The molecule has 1 saturated heterocycles. The van der Waals surface area contributed by atoms with Crippen LogP contribution in [0.5, 0.6) is 5.75 Å². The van der Waals surface area contributed by atoms with Gasteiger partial charge in [0.1, 0.15) is 5.75 Å². The van der Waals surface area contributed by atoms with Crippen LogP contribution in [0.4, 0.5) is 10.5 Å². The van der Waals surface area contributed by atoms with Gasteiger partial charge in [-0.2, -0.15) is 0 Å². The fourth-order valence-electron chi connectivity index (χ4n) is 2.91. The predicted octanol–water partition coefficient (Wildman–Crippen LogP) is 7.76. The minimum Gasteiger partial charge on any atom is -0.423 e. The van der Waals surface area contributed by atoms with Crippen LogP contribution in [0.3, 0.4) is 0 Å². The second kappa shape index (κ2) is 9.79. The van der Waals surface area contributed by atoms with Crippen molar-refractivity contribution in [3.8, 4) is 5.75 Å². The van der Waals surface area contributed by atoms with Crippen molar-refractivity contribution in [3.05, 3.63) is 96.8 Å². The average molecular weight is 539 g/mol. The number of anilines is 1. The molecule has 1 fully saturated rings. The van der Waals surface area contributed by atoms with Crippen LogP contribution in [-0.4, -0.2) is 17.1 Å². The number of carbonyl (C=O) groups is 3. The summed E-state index contributed by atoms with van der Waals surface area (Å²) in [6, 6.07) is 15.4. The van der Waals surface area contributed by atoms with Gasteiger partial charge in [-0.25, -0.2) is 9.69 Å². The van der Waals surface area contributed by atoms with Gasteiger partial charge in [0.2, 0.25) is 0 Å². The topological polar surface area (TPSA) is 63.7 Å². The van der Waals surface area contributed by atoms with E-state index in [0.717, 1.165) is 16.7 Å². The molecule has 1 heterocycles. The highest BCUT2D eigenvalue weighted by Crippen LogP contribution is 2.37. The van der Waals surface area contributed by atoms with E-state index in [2.05, 4.69) is 0 Å². The summed E-state index contributed by atoms with van der Waals surface area (Å²) in [6.07, 6.45) is 1.57. The van der Waals surface area contributed by atoms with Gasteiger partial charge in [0.15, 0.2) is 0 Å². The lowest BCUT2D eigenvalue weighted by molar-refractivity contribution is -0.113. The number of thioether (sulfide) groups is 1. The molecular formula is C23H11Cl4NO4S. The summed E-state index contributed by atoms with van der Waals surface area (Å²) >= 11 is 24.6. The molecule has 3 aromatic carbocycles. The highest BCUT2D eigenvalue weighted by atomic mass is 35.5. The molecule has 1 aliphatic rings. The Morgan fingerprint density at radius 2 is 1.58 bits per heavy atom. The SMILES string of the molecule is O=C(Oc1ccc(/C=C2\SC(=O)N(c3ccc(Cl)c(Cl)c3)C2=O)cc1)c1ccc(Cl)cc1Cl. The number of hydrogen-bond donors (Lipinski definition) is 0. The number of halogens is 4. The van der Waals surface area contributed by atoms with Crippen LogP contribution in [0.1, 0.15) is 15.9 Å². The number of nitrogens with zero attached hydrogens (tertiary/aromatic N) is 1. The number of benzene rings is 3. The number of rotatable bonds is 4. The molecule has 0 aliphatic carbocycles. The Kier molecular flexibility index (Phi) is 7.02. The summed E-state index contributed by atoms with van der Waals surface area (Å²) in [6.45, 7) is 0. The molecular weight excluding hydrogens is 528 g/mol. The number of amides is 2. The first-order valence-electron chi connectivity index (χ1n) is 9.23. The van der Waals surface area contributed by atoms with Crippen molar-refractivity contribution < 1.29 is 19.1 Å². The molecule has 0 atom stereocenters. The molecule has 166 valence electrons. The van der Waals surface area contributed by atoms with E-state index in [0.29, 0.717) is 21.3 Å². The number of imide groups is 1. The first kappa shape index (κ1) is 23.7. The van der Waals surface area contributed by atoms with E-state index < -0.39 is 17.1 Å². The second-order valence-electron chi connectivity index (χ2n) is 6.70. The molecule has 3 aromatic rings. The minimum atomic E-state index is -0.632. The third-order valence-corrected chi connectivity index (χ3v) is 6.65. The van der Waals surface area contributed by atoms with Crippen LogP contribution in [0.15, 0.2) is 65.6 Å². The standard InChI is InChI=1S/C23H11Cl4NO4S/c24-13-3-7-16(18(26)10-13)22(30)32-15-5-1-12(2-6-15)9-20-21(29)28(23(31)33-20)14-4-8-17(25)19(27)11-14/h1-11H/b20-9-. The van der Waals surface area contributed by atoms with E-state index in [1.54, 1.807) is 36.4 Å². The highest BCUT2D eigenvalue weighted by molar-refractivity contribution is 8.19. The smallest absolute Gasteiger partial charge is 0.345 e. The highest BCUT2D eigenvalue weighted by Gasteiger charge is 2.36. The Morgan fingerprint density at radius 1 is 0.848 bits per heavy atom. The molecule has 0 bridgehead atoms. The summed E-state index contributed by atoms with van der Waals surface area (Å²) in [5.74, 6) is -0.824.